The van der Waals surface area contributed by atoms with E-state index in [0.29, 0.717) is 22.9 Å². The molecule has 1 N–H and O–H groups in total. The van der Waals surface area contributed by atoms with Gasteiger partial charge in [-0.2, -0.15) is 5.10 Å². The molecule has 0 unspecified atom stereocenters. The topological polar surface area (TPSA) is 52.1 Å². The Kier molecular flexibility index (Phi) is 5.19. The zero-order valence-electron chi connectivity index (χ0n) is 12.6. The van der Waals surface area contributed by atoms with E-state index < -0.39 is 0 Å². The van der Waals surface area contributed by atoms with Gasteiger partial charge in [0.05, 0.1) is 33.2 Å². The van der Waals surface area contributed by atoms with E-state index in [1.54, 1.807) is 51.8 Å². The van der Waals surface area contributed by atoms with Crippen LogP contribution in [0.2, 0.25) is 0 Å². The van der Waals surface area contributed by atoms with Gasteiger partial charge in [-0.25, -0.2) is 4.39 Å². The monoisotopic (exact) mass is 304 g/mol. The summed E-state index contributed by atoms with van der Waals surface area (Å²) >= 11 is 0. The molecule has 0 bridgehead atoms. The fourth-order valence-electron chi connectivity index (χ4n) is 1.85. The predicted octanol–water partition coefficient (Wildman–Crippen LogP) is 3.30. The maximum absolute atomic E-state index is 12.8. The molecule has 2 aromatic rings. The highest BCUT2D eigenvalue weighted by Gasteiger charge is 2.10. The number of rotatable bonds is 6. The van der Waals surface area contributed by atoms with Crippen molar-refractivity contribution in [2.45, 2.75) is 0 Å². The van der Waals surface area contributed by atoms with Crippen molar-refractivity contribution < 1.29 is 18.6 Å². The lowest BCUT2D eigenvalue weighted by molar-refractivity contribution is 0.349. The summed E-state index contributed by atoms with van der Waals surface area (Å²) in [6.45, 7) is 0. The largest absolute Gasteiger partial charge is 0.496 e. The van der Waals surface area contributed by atoms with E-state index in [1.807, 2.05) is 0 Å². The number of hydrogen-bond donors (Lipinski definition) is 1. The van der Waals surface area contributed by atoms with Gasteiger partial charge in [-0.3, -0.25) is 5.43 Å². The van der Waals surface area contributed by atoms with Crippen LogP contribution in [0.25, 0.3) is 0 Å². The van der Waals surface area contributed by atoms with Crippen molar-refractivity contribution in [1.29, 1.82) is 0 Å². The van der Waals surface area contributed by atoms with Crippen LogP contribution in [0.15, 0.2) is 41.5 Å². The van der Waals surface area contributed by atoms with Crippen LogP contribution in [0.4, 0.5) is 10.1 Å². The van der Waals surface area contributed by atoms with Crippen molar-refractivity contribution in [3.8, 4) is 17.2 Å². The van der Waals surface area contributed by atoms with Gasteiger partial charge < -0.3 is 14.2 Å². The summed E-state index contributed by atoms with van der Waals surface area (Å²) in [6, 6.07) is 9.38. The van der Waals surface area contributed by atoms with Gasteiger partial charge in [0.25, 0.3) is 0 Å². The molecule has 0 aliphatic heterocycles. The lowest BCUT2D eigenvalue weighted by Gasteiger charge is -2.11. The molecule has 116 valence electrons. The molecular formula is C16H17FN2O3. The molecule has 0 aliphatic carbocycles. The Bertz CT molecular complexity index is 657. The first-order valence-corrected chi connectivity index (χ1v) is 6.52. The minimum atomic E-state index is -0.295. The molecule has 0 atom stereocenters. The summed E-state index contributed by atoms with van der Waals surface area (Å²) in [7, 11) is 4.68. The summed E-state index contributed by atoms with van der Waals surface area (Å²) in [6.07, 6.45) is 1.59. The normalized spacial score (nSPS) is 10.5. The molecule has 0 saturated carbocycles. The second-order valence-electron chi connectivity index (χ2n) is 4.33. The zero-order valence-corrected chi connectivity index (χ0v) is 12.6. The number of anilines is 1. The third kappa shape index (κ3) is 3.66. The van der Waals surface area contributed by atoms with E-state index in [2.05, 4.69) is 10.5 Å². The third-order valence-corrected chi connectivity index (χ3v) is 2.98. The average molecular weight is 304 g/mol. The maximum Gasteiger partial charge on any atom is 0.164 e. The number of hydrogen-bond acceptors (Lipinski definition) is 5. The molecule has 0 fully saturated rings. The Labute approximate surface area is 128 Å². The molecular weight excluding hydrogens is 287 g/mol. The standard InChI is InChI=1S/C16H17FN2O3/c1-20-14-9-16(22-3)15(21-2)8-11(14)10-18-19-13-6-4-12(17)5-7-13/h4-10,19H,1-3H3/b18-10-. The van der Waals surface area contributed by atoms with Crippen LogP contribution in [0.3, 0.4) is 0 Å². The van der Waals surface area contributed by atoms with Crippen molar-refractivity contribution in [3.05, 3.63) is 47.8 Å². The highest BCUT2D eigenvalue weighted by Crippen LogP contribution is 2.33. The lowest BCUT2D eigenvalue weighted by atomic mass is 10.2. The lowest BCUT2D eigenvalue weighted by Crippen LogP contribution is -1.98. The first-order chi connectivity index (χ1) is 10.7. The zero-order chi connectivity index (χ0) is 15.9. The Morgan fingerprint density at radius 1 is 0.909 bits per heavy atom. The number of methoxy groups -OCH3 is 3. The summed E-state index contributed by atoms with van der Waals surface area (Å²) in [4.78, 5) is 0. The van der Waals surface area contributed by atoms with Gasteiger partial charge in [0.2, 0.25) is 0 Å². The van der Waals surface area contributed by atoms with Gasteiger partial charge in [0.15, 0.2) is 11.5 Å². The number of nitrogens with zero attached hydrogens (tertiary/aromatic N) is 1. The number of nitrogens with one attached hydrogen (secondary N) is 1. The van der Waals surface area contributed by atoms with E-state index in [1.165, 1.54) is 12.1 Å². The van der Waals surface area contributed by atoms with Crippen LogP contribution < -0.4 is 19.6 Å². The number of halogens is 1. The summed E-state index contributed by atoms with van der Waals surface area (Å²) in [5.74, 6) is 1.45. The molecule has 5 nitrogen and oxygen atoms in total. The first kappa shape index (κ1) is 15.6. The van der Waals surface area contributed by atoms with Crippen LogP contribution in [0, 0.1) is 5.82 Å². The van der Waals surface area contributed by atoms with E-state index in [0.717, 1.165) is 5.56 Å². The first-order valence-electron chi connectivity index (χ1n) is 6.52. The molecule has 0 radical (unpaired) electrons. The van der Waals surface area contributed by atoms with Crippen LogP contribution in [0.5, 0.6) is 17.2 Å². The second kappa shape index (κ2) is 7.31. The number of hydrazone groups is 1. The minimum absolute atomic E-state index is 0.295. The number of benzene rings is 2. The Morgan fingerprint density at radius 2 is 1.50 bits per heavy atom. The van der Waals surface area contributed by atoms with Crippen molar-refractivity contribution in [2.24, 2.45) is 5.10 Å². The summed E-state index contributed by atoms with van der Waals surface area (Å²) in [5, 5.41) is 4.11. The minimum Gasteiger partial charge on any atom is -0.496 e. The molecule has 6 heteroatoms. The molecule has 2 rings (SSSR count). The Morgan fingerprint density at radius 3 is 2.09 bits per heavy atom. The Balaban J connectivity index is 2.20. The van der Waals surface area contributed by atoms with Crippen molar-refractivity contribution in [3.63, 3.8) is 0 Å². The van der Waals surface area contributed by atoms with Crippen molar-refractivity contribution in [2.75, 3.05) is 26.8 Å². The smallest absolute Gasteiger partial charge is 0.164 e. The molecule has 2 aromatic carbocycles. The maximum atomic E-state index is 12.8. The van der Waals surface area contributed by atoms with Crippen molar-refractivity contribution >= 4 is 11.9 Å². The molecule has 0 amide bonds. The van der Waals surface area contributed by atoms with Crippen molar-refractivity contribution in [1.82, 2.24) is 0 Å². The number of ether oxygens (including phenoxy) is 3. The molecule has 0 aliphatic rings. The van der Waals surface area contributed by atoms with Crippen LogP contribution >= 0.6 is 0 Å². The SMILES string of the molecule is COc1cc(OC)c(OC)cc1/C=N\Nc1ccc(F)cc1. The highest BCUT2D eigenvalue weighted by molar-refractivity contribution is 5.85. The van der Waals surface area contributed by atoms with Gasteiger partial charge >= 0.3 is 0 Å². The predicted molar refractivity (Wildman–Crippen MR) is 83.7 cm³/mol. The third-order valence-electron chi connectivity index (χ3n) is 2.98. The highest BCUT2D eigenvalue weighted by atomic mass is 19.1. The van der Waals surface area contributed by atoms with E-state index in [-0.39, 0.29) is 5.82 Å². The van der Waals surface area contributed by atoms with Crippen LogP contribution in [0.1, 0.15) is 5.56 Å². The van der Waals surface area contributed by atoms with Gasteiger partial charge in [0, 0.05) is 11.6 Å². The molecule has 0 spiro atoms. The van der Waals surface area contributed by atoms with E-state index >= 15 is 0 Å². The Hall–Kier alpha value is -2.76. The van der Waals surface area contributed by atoms with Gasteiger partial charge in [-0.1, -0.05) is 0 Å². The van der Waals surface area contributed by atoms with Crippen LogP contribution in [-0.4, -0.2) is 27.5 Å². The quantitative estimate of drug-likeness (QED) is 0.657. The van der Waals surface area contributed by atoms with Crippen LogP contribution in [-0.2, 0) is 0 Å². The summed E-state index contributed by atoms with van der Waals surface area (Å²) < 4.78 is 28.6. The molecule has 0 heterocycles. The second-order valence-corrected chi connectivity index (χ2v) is 4.33. The molecule has 0 aromatic heterocycles. The molecule has 22 heavy (non-hydrogen) atoms. The fourth-order valence-corrected chi connectivity index (χ4v) is 1.85. The van der Waals surface area contributed by atoms with E-state index in [9.17, 15) is 4.39 Å². The average Bonchev–Trinajstić information content (AvgIpc) is 2.56. The van der Waals surface area contributed by atoms with Gasteiger partial charge in [-0.05, 0) is 30.3 Å². The summed E-state index contributed by atoms with van der Waals surface area (Å²) in [5.41, 5.74) is 4.21. The van der Waals surface area contributed by atoms with Gasteiger partial charge in [0.1, 0.15) is 11.6 Å². The fraction of sp³-hybridized carbons (Fsp3) is 0.188. The molecule has 0 saturated heterocycles. The van der Waals surface area contributed by atoms with E-state index in [4.69, 9.17) is 14.2 Å². The van der Waals surface area contributed by atoms with Gasteiger partial charge in [-0.15, -0.1) is 0 Å².